The van der Waals surface area contributed by atoms with Gasteiger partial charge in [-0.25, -0.2) is 4.98 Å². The van der Waals surface area contributed by atoms with Crippen LogP contribution >= 0.6 is 11.6 Å². The Bertz CT molecular complexity index is 505. The number of aryl methyl sites for hydroxylation is 1. The summed E-state index contributed by atoms with van der Waals surface area (Å²) in [6.07, 6.45) is 3.74. The molecule has 0 fully saturated rings. The van der Waals surface area contributed by atoms with E-state index in [1.54, 1.807) is 6.20 Å². The Balaban J connectivity index is 2.34. The first-order valence-corrected chi connectivity index (χ1v) is 6.07. The van der Waals surface area contributed by atoms with E-state index in [-0.39, 0.29) is 0 Å². The molecule has 0 unspecified atom stereocenters. The summed E-state index contributed by atoms with van der Waals surface area (Å²) in [5, 5.41) is 4.08. The largest absolute Gasteiger partial charge is 0.334 e. The third-order valence-corrected chi connectivity index (χ3v) is 3.06. The SMILES string of the molecule is CCNCc1cc(-c2nccn2C)ccc1Cl. The van der Waals surface area contributed by atoms with Crippen molar-refractivity contribution in [1.29, 1.82) is 0 Å². The highest BCUT2D eigenvalue weighted by Crippen LogP contribution is 2.23. The lowest BCUT2D eigenvalue weighted by atomic mass is 10.1. The number of hydrogen-bond acceptors (Lipinski definition) is 2. The van der Waals surface area contributed by atoms with Crippen LogP contribution in [0.15, 0.2) is 30.6 Å². The molecule has 2 rings (SSSR count). The maximum atomic E-state index is 6.17. The van der Waals surface area contributed by atoms with Gasteiger partial charge in [0.2, 0.25) is 0 Å². The summed E-state index contributed by atoms with van der Waals surface area (Å²) in [6, 6.07) is 6.02. The van der Waals surface area contributed by atoms with E-state index in [1.807, 2.05) is 29.9 Å². The van der Waals surface area contributed by atoms with Gasteiger partial charge in [-0.3, -0.25) is 0 Å². The normalized spacial score (nSPS) is 10.8. The Hall–Kier alpha value is -1.32. The molecule has 0 saturated heterocycles. The molecule has 0 saturated carbocycles. The predicted molar refractivity (Wildman–Crippen MR) is 71.0 cm³/mol. The van der Waals surface area contributed by atoms with Crippen molar-refractivity contribution in [3.63, 3.8) is 0 Å². The maximum absolute atomic E-state index is 6.17. The van der Waals surface area contributed by atoms with Crippen molar-refractivity contribution < 1.29 is 0 Å². The molecule has 1 N–H and O–H groups in total. The molecule has 0 radical (unpaired) electrons. The zero-order valence-corrected chi connectivity index (χ0v) is 10.8. The highest BCUT2D eigenvalue weighted by Gasteiger charge is 2.06. The Morgan fingerprint density at radius 3 is 2.88 bits per heavy atom. The molecule has 1 aromatic carbocycles. The molecule has 0 spiro atoms. The summed E-state index contributed by atoms with van der Waals surface area (Å²) < 4.78 is 2.00. The average molecular weight is 250 g/mol. The summed E-state index contributed by atoms with van der Waals surface area (Å²) in [5.74, 6) is 0.958. The minimum Gasteiger partial charge on any atom is -0.334 e. The van der Waals surface area contributed by atoms with E-state index in [2.05, 4.69) is 23.3 Å². The van der Waals surface area contributed by atoms with Crippen LogP contribution in [0.1, 0.15) is 12.5 Å². The molecule has 0 amide bonds. The van der Waals surface area contributed by atoms with Gasteiger partial charge in [0.05, 0.1) is 0 Å². The third-order valence-electron chi connectivity index (χ3n) is 2.69. The van der Waals surface area contributed by atoms with E-state index < -0.39 is 0 Å². The fourth-order valence-corrected chi connectivity index (χ4v) is 1.94. The van der Waals surface area contributed by atoms with Crippen LogP contribution in [0.4, 0.5) is 0 Å². The van der Waals surface area contributed by atoms with Crippen LogP contribution in [0.5, 0.6) is 0 Å². The van der Waals surface area contributed by atoms with Gasteiger partial charge in [0, 0.05) is 36.6 Å². The first kappa shape index (κ1) is 12.1. The Kier molecular flexibility index (Phi) is 3.82. The second-order valence-electron chi connectivity index (χ2n) is 3.95. The molecule has 3 nitrogen and oxygen atoms in total. The molecule has 90 valence electrons. The summed E-state index contributed by atoms with van der Waals surface area (Å²) in [6.45, 7) is 3.80. The van der Waals surface area contributed by atoms with Crippen molar-refractivity contribution in [1.82, 2.24) is 14.9 Å². The van der Waals surface area contributed by atoms with E-state index in [9.17, 15) is 0 Å². The molecule has 1 aromatic heterocycles. The van der Waals surface area contributed by atoms with E-state index >= 15 is 0 Å². The number of halogens is 1. The number of aromatic nitrogens is 2. The second-order valence-corrected chi connectivity index (χ2v) is 4.36. The van der Waals surface area contributed by atoms with Crippen molar-refractivity contribution in [3.05, 3.63) is 41.2 Å². The van der Waals surface area contributed by atoms with Crippen molar-refractivity contribution >= 4 is 11.6 Å². The van der Waals surface area contributed by atoms with Crippen LogP contribution in [-0.4, -0.2) is 16.1 Å². The molecule has 0 aliphatic heterocycles. The van der Waals surface area contributed by atoms with Gasteiger partial charge in [0.15, 0.2) is 0 Å². The van der Waals surface area contributed by atoms with E-state index in [0.717, 1.165) is 35.1 Å². The van der Waals surface area contributed by atoms with E-state index in [0.29, 0.717) is 0 Å². The van der Waals surface area contributed by atoms with Crippen molar-refractivity contribution in [2.45, 2.75) is 13.5 Å². The highest BCUT2D eigenvalue weighted by atomic mass is 35.5. The van der Waals surface area contributed by atoms with Crippen molar-refractivity contribution in [2.24, 2.45) is 7.05 Å². The summed E-state index contributed by atoms with van der Waals surface area (Å²) in [4.78, 5) is 4.34. The van der Waals surface area contributed by atoms with Crippen LogP contribution in [-0.2, 0) is 13.6 Å². The minimum atomic E-state index is 0.785. The van der Waals surface area contributed by atoms with Crippen LogP contribution in [0.25, 0.3) is 11.4 Å². The molecular weight excluding hydrogens is 234 g/mol. The molecule has 0 bridgehead atoms. The molecule has 0 aliphatic carbocycles. The van der Waals surface area contributed by atoms with Gasteiger partial charge in [-0.2, -0.15) is 0 Å². The van der Waals surface area contributed by atoms with Gasteiger partial charge in [-0.15, -0.1) is 0 Å². The Morgan fingerprint density at radius 2 is 2.24 bits per heavy atom. The van der Waals surface area contributed by atoms with Gasteiger partial charge in [-0.1, -0.05) is 18.5 Å². The maximum Gasteiger partial charge on any atom is 0.139 e. The van der Waals surface area contributed by atoms with E-state index in [1.165, 1.54) is 0 Å². The fraction of sp³-hybridized carbons (Fsp3) is 0.308. The molecule has 0 atom stereocenters. The molecule has 0 aliphatic rings. The number of imidazole rings is 1. The monoisotopic (exact) mass is 249 g/mol. The lowest BCUT2D eigenvalue weighted by molar-refractivity contribution is 0.727. The van der Waals surface area contributed by atoms with Crippen molar-refractivity contribution in [3.8, 4) is 11.4 Å². The minimum absolute atomic E-state index is 0.785. The molecule has 4 heteroatoms. The number of nitrogens with one attached hydrogen (secondary N) is 1. The quantitative estimate of drug-likeness (QED) is 0.903. The zero-order valence-electron chi connectivity index (χ0n) is 10.1. The van der Waals surface area contributed by atoms with Gasteiger partial charge in [-0.05, 0) is 30.3 Å². The van der Waals surface area contributed by atoms with Gasteiger partial charge in [0.1, 0.15) is 5.82 Å². The molecular formula is C13H16ClN3. The fourth-order valence-electron chi connectivity index (χ4n) is 1.75. The lowest BCUT2D eigenvalue weighted by Crippen LogP contribution is -2.12. The number of nitrogens with zero attached hydrogens (tertiary/aromatic N) is 2. The van der Waals surface area contributed by atoms with Crippen LogP contribution in [0.2, 0.25) is 5.02 Å². The Morgan fingerprint density at radius 1 is 1.41 bits per heavy atom. The zero-order chi connectivity index (χ0) is 12.3. The second kappa shape index (κ2) is 5.34. The summed E-state index contributed by atoms with van der Waals surface area (Å²) in [5.41, 5.74) is 2.20. The predicted octanol–water partition coefficient (Wildman–Crippen LogP) is 2.85. The van der Waals surface area contributed by atoms with Crippen molar-refractivity contribution in [2.75, 3.05) is 6.54 Å². The standard InChI is InChI=1S/C13H16ClN3/c1-3-15-9-11-8-10(4-5-12(11)14)13-16-6-7-17(13)2/h4-8,15H,3,9H2,1-2H3. The highest BCUT2D eigenvalue weighted by molar-refractivity contribution is 6.31. The smallest absolute Gasteiger partial charge is 0.139 e. The lowest BCUT2D eigenvalue weighted by Gasteiger charge is -2.08. The van der Waals surface area contributed by atoms with Crippen LogP contribution in [0.3, 0.4) is 0 Å². The summed E-state index contributed by atoms with van der Waals surface area (Å²) >= 11 is 6.17. The van der Waals surface area contributed by atoms with Gasteiger partial charge >= 0.3 is 0 Å². The van der Waals surface area contributed by atoms with Crippen LogP contribution < -0.4 is 5.32 Å². The molecule has 2 aromatic rings. The van der Waals surface area contributed by atoms with Gasteiger partial charge < -0.3 is 9.88 Å². The number of rotatable bonds is 4. The molecule has 1 heterocycles. The van der Waals surface area contributed by atoms with Crippen LogP contribution in [0, 0.1) is 0 Å². The third kappa shape index (κ3) is 2.68. The molecule has 17 heavy (non-hydrogen) atoms. The number of hydrogen-bond donors (Lipinski definition) is 1. The first-order chi connectivity index (χ1) is 8.22. The topological polar surface area (TPSA) is 29.9 Å². The first-order valence-electron chi connectivity index (χ1n) is 5.69. The van der Waals surface area contributed by atoms with E-state index in [4.69, 9.17) is 11.6 Å². The van der Waals surface area contributed by atoms with Gasteiger partial charge in [0.25, 0.3) is 0 Å². The number of benzene rings is 1. The average Bonchev–Trinajstić information content (AvgIpc) is 2.75. The summed E-state index contributed by atoms with van der Waals surface area (Å²) in [7, 11) is 1.99. The Labute approximate surface area is 106 Å².